The smallest absolute Gasteiger partial charge is 0.251 e. The summed E-state index contributed by atoms with van der Waals surface area (Å²) in [6, 6.07) is 14.2. The van der Waals surface area contributed by atoms with Gasteiger partial charge in [0.2, 0.25) is 5.91 Å². The maximum atomic E-state index is 14.3. The first-order chi connectivity index (χ1) is 19.2. The first kappa shape index (κ1) is 24.2. The van der Waals surface area contributed by atoms with Crippen molar-refractivity contribution >= 4 is 28.5 Å². The number of nitrogens with zero attached hydrogens (tertiary/aromatic N) is 2. The van der Waals surface area contributed by atoms with Crippen molar-refractivity contribution in [2.75, 3.05) is 11.9 Å². The van der Waals surface area contributed by atoms with Crippen molar-refractivity contribution in [3.63, 3.8) is 0 Å². The number of imidazole rings is 1. The van der Waals surface area contributed by atoms with Gasteiger partial charge in [0.25, 0.3) is 5.91 Å². The highest BCUT2D eigenvalue weighted by Crippen LogP contribution is 2.49. The van der Waals surface area contributed by atoms with Gasteiger partial charge in [0.05, 0.1) is 29.3 Å². The number of para-hydroxylation sites is 1. The molecule has 4 aliphatic rings. The highest BCUT2D eigenvalue weighted by molar-refractivity contribution is 5.97. The van der Waals surface area contributed by atoms with Crippen molar-refractivity contribution < 1.29 is 9.59 Å². The molecule has 2 aromatic carbocycles. The molecule has 0 bridgehead atoms. The normalized spacial score (nSPS) is 29.5. The molecule has 3 heterocycles. The van der Waals surface area contributed by atoms with Crippen LogP contribution in [0.25, 0.3) is 11.0 Å². The van der Waals surface area contributed by atoms with Gasteiger partial charge >= 0.3 is 0 Å². The van der Waals surface area contributed by atoms with Crippen LogP contribution in [0.1, 0.15) is 60.5 Å². The molecule has 1 saturated heterocycles. The van der Waals surface area contributed by atoms with E-state index in [1.54, 1.807) is 6.33 Å². The Morgan fingerprint density at radius 2 is 1.92 bits per heavy atom. The second-order valence-electron chi connectivity index (χ2n) is 11.5. The van der Waals surface area contributed by atoms with Crippen LogP contribution < -0.4 is 10.6 Å². The summed E-state index contributed by atoms with van der Waals surface area (Å²) in [6.45, 7) is 0.764. The number of hydrogen-bond donors (Lipinski definition) is 3. The molecule has 7 rings (SSSR count). The number of aromatic nitrogens is 2. The van der Waals surface area contributed by atoms with Gasteiger partial charge in [-0.1, -0.05) is 55.3 Å². The Balaban J connectivity index is 1.14. The number of aromatic amines is 1. The average molecular weight is 522 g/mol. The molecule has 200 valence electrons. The molecule has 3 aromatic rings. The van der Waals surface area contributed by atoms with Crippen LogP contribution in [0.5, 0.6) is 0 Å². The molecule has 2 fully saturated rings. The number of rotatable bonds is 4. The summed E-state index contributed by atoms with van der Waals surface area (Å²) in [7, 11) is 0. The van der Waals surface area contributed by atoms with E-state index in [4.69, 9.17) is 0 Å². The van der Waals surface area contributed by atoms with E-state index in [2.05, 4.69) is 74.1 Å². The third-order valence-electron chi connectivity index (χ3n) is 9.35. The molecular weight excluding hydrogens is 486 g/mol. The van der Waals surface area contributed by atoms with Gasteiger partial charge in [-0.25, -0.2) is 4.98 Å². The number of carbonyl (C=O) groups excluding carboxylic acids is 2. The second-order valence-corrected chi connectivity index (χ2v) is 11.5. The van der Waals surface area contributed by atoms with E-state index in [0.717, 1.165) is 61.8 Å². The molecule has 7 nitrogen and oxygen atoms in total. The summed E-state index contributed by atoms with van der Waals surface area (Å²) < 4.78 is 0. The number of nitrogens with one attached hydrogen (secondary N) is 3. The van der Waals surface area contributed by atoms with Gasteiger partial charge < -0.3 is 20.5 Å². The molecule has 2 aliphatic carbocycles. The van der Waals surface area contributed by atoms with Crippen LogP contribution in [0, 0.1) is 17.8 Å². The SMILES string of the molecule is O=C(N[C@@H]1CCCC[C@@H]1C(=O)N1CC[C@@H]2[C@H](C3C=CC=CC3)Nc3ccccc3[C@@H]21)c1ccc2nc[nH]c2c1. The topological polar surface area (TPSA) is 90.1 Å². The fraction of sp³-hybridized carbons (Fsp3) is 0.406. The van der Waals surface area contributed by atoms with Crippen molar-refractivity contribution in [1.82, 2.24) is 20.2 Å². The number of benzene rings is 2. The molecule has 2 aliphatic heterocycles. The van der Waals surface area contributed by atoms with Gasteiger partial charge in [-0.15, -0.1) is 0 Å². The van der Waals surface area contributed by atoms with Crippen molar-refractivity contribution in [2.45, 2.75) is 56.7 Å². The zero-order valence-corrected chi connectivity index (χ0v) is 22.1. The predicted octanol–water partition coefficient (Wildman–Crippen LogP) is 5.37. The molecule has 2 amide bonds. The fourth-order valence-electron chi connectivity index (χ4n) is 7.44. The number of carbonyl (C=O) groups is 2. The van der Waals surface area contributed by atoms with Crippen molar-refractivity contribution in [3.05, 3.63) is 84.2 Å². The number of hydrogen-bond acceptors (Lipinski definition) is 4. The van der Waals surface area contributed by atoms with E-state index in [1.807, 2.05) is 18.2 Å². The maximum Gasteiger partial charge on any atom is 0.251 e. The van der Waals surface area contributed by atoms with Gasteiger partial charge in [0.1, 0.15) is 0 Å². The van der Waals surface area contributed by atoms with Crippen molar-refractivity contribution in [2.24, 2.45) is 17.8 Å². The van der Waals surface area contributed by atoms with Crippen LogP contribution in [0.4, 0.5) is 5.69 Å². The first-order valence-corrected chi connectivity index (χ1v) is 14.4. The van der Waals surface area contributed by atoms with Crippen LogP contribution >= 0.6 is 0 Å². The quantitative estimate of drug-likeness (QED) is 0.431. The molecule has 1 unspecified atom stereocenters. The summed E-state index contributed by atoms with van der Waals surface area (Å²) in [6.07, 6.45) is 16.2. The molecule has 6 atom stereocenters. The monoisotopic (exact) mass is 521 g/mol. The largest absolute Gasteiger partial charge is 0.381 e. The van der Waals surface area contributed by atoms with Crippen LogP contribution in [-0.2, 0) is 4.79 Å². The summed E-state index contributed by atoms with van der Waals surface area (Å²) in [5.41, 5.74) is 4.64. The Morgan fingerprint density at radius 1 is 1.03 bits per heavy atom. The first-order valence-electron chi connectivity index (χ1n) is 14.4. The molecule has 3 N–H and O–H groups in total. The standard InChI is InChI=1S/C32H35N5O2/c38-31(21-14-15-27-28(18-21)34-19-33-27)36-26-13-7-5-11-23(26)32(39)37-17-16-24-29(20-8-2-1-3-9-20)35-25-12-6-4-10-22(25)30(24)37/h1-4,6,8,10,12,14-15,18-20,23-24,26,29-30,35H,5,7,9,11,13,16-17H2,(H,33,34)(H,36,38)/t20?,23-,24+,26+,29-,30-/m0/s1. The highest BCUT2D eigenvalue weighted by atomic mass is 16.2. The maximum absolute atomic E-state index is 14.3. The van der Waals surface area contributed by atoms with E-state index in [0.29, 0.717) is 23.4 Å². The van der Waals surface area contributed by atoms with E-state index in [1.165, 1.54) is 5.56 Å². The Labute approximate surface area is 228 Å². The van der Waals surface area contributed by atoms with Gasteiger partial charge in [0.15, 0.2) is 0 Å². The summed E-state index contributed by atoms with van der Waals surface area (Å²) >= 11 is 0. The summed E-state index contributed by atoms with van der Waals surface area (Å²) in [5.74, 6) is 0.656. The highest BCUT2D eigenvalue weighted by Gasteiger charge is 2.49. The Hall–Kier alpha value is -3.87. The number of fused-ring (bicyclic) bond motifs is 4. The van der Waals surface area contributed by atoms with Crippen molar-refractivity contribution in [3.8, 4) is 0 Å². The van der Waals surface area contributed by atoms with E-state index < -0.39 is 0 Å². The van der Waals surface area contributed by atoms with Crippen LogP contribution in [-0.4, -0.2) is 45.3 Å². The number of amides is 2. The van der Waals surface area contributed by atoms with Crippen molar-refractivity contribution in [1.29, 1.82) is 0 Å². The Morgan fingerprint density at radius 3 is 2.82 bits per heavy atom. The lowest BCUT2D eigenvalue weighted by molar-refractivity contribution is -0.139. The van der Waals surface area contributed by atoms with Gasteiger partial charge in [-0.2, -0.15) is 0 Å². The lowest BCUT2D eigenvalue weighted by Crippen LogP contribution is -2.51. The third kappa shape index (κ3) is 4.34. The van der Waals surface area contributed by atoms with E-state index in [-0.39, 0.29) is 29.8 Å². The van der Waals surface area contributed by atoms with E-state index >= 15 is 0 Å². The lowest BCUT2D eigenvalue weighted by Gasteiger charge is -2.44. The van der Waals surface area contributed by atoms with Crippen LogP contribution in [0.2, 0.25) is 0 Å². The number of likely N-dealkylation sites (tertiary alicyclic amines) is 1. The Bertz CT molecular complexity index is 1460. The molecule has 0 spiro atoms. The molecule has 7 heteroatoms. The molecule has 0 radical (unpaired) electrons. The summed E-state index contributed by atoms with van der Waals surface area (Å²) in [5, 5.41) is 7.10. The zero-order valence-electron chi connectivity index (χ0n) is 22.1. The average Bonchev–Trinajstić information content (AvgIpc) is 3.64. The van der Waals surface area contributed by atoms with Gasteiger partial charge in [0, 0.05) is 41.7 Å². The minimum atomic E-state index is -0.199. The third-order valence-corrected chi connectivity index (χ3v) is 9.35. The molecule has 1 aromatic heterocycles. The van der Waals surface area contributed by atoms with Gasteiger partial charge in [-0.3, -0.25) is 9.59 Å². The number of H-pyrrole nitrogens is 1. The zero-order chi connectivity index (χ0) is 26.3. The fourth-order valence-corrected chi connectivity index (χ4v) is 7.44. The minimum absolute atomic E-state index is 0.0697. The minimum Gasteiger partial charge on any atom is -0.381 e. The van der Waals surface area contributed by atoms with Crippen LogP contribution in [0.3, 0.4) is 0 Å². The van der Waals surface area contributed by atoms with Crippen LogP contribution in [0.15, 0.2) is 73.1 Å². The molecular formula is C32H35N5O2. The predicted molar refractivity (Wildman–Crippen MR) is 152 cm³/mol. The molecule has 39 heavy (non-hydrogen) atoms. The second kappa shape index (κ2) is 10.0. The number of anilines is 1. The van der Waals surface area contributed by atoms with Gasteiger partial charge in [-0.05, 0) is 55.5 Å². The lowest BCUT2D eigenvalue weighted by atomic mass is 9.75. The van der Waals surface area contributed by atoms with E-state index in [9.17, 15) is 9.59 Å². The Kier molecular flexibility index (Phi) is 6.22. The molecule has 1 saturated carbocycles. The number of allylic oxidation sites excluding steroid dienone is 3. The summed E-state index contributed by atoms with van der Waals surface area (Å²) in [4.78, 5) is 37.1.